The van der Waals surface area contributed by atoms with E-state index in [1.165, 1.54) is 11.8 Å². The molecule has 122 valence electrons. The van der Waals surface area contributed by atoms with Crippen molar-refractivity contribution in [2.75, 3.05) is 13.1 Å². The summed E-state index contributed by atoms with van der Waals surface area (Å²) < 4.78 is 38.4. The summed E-state index contributed by atoms with van der Waals surface area (Å²) in [7, 11) is 0. The van der Waals surface area contributed by atoms with Crippen molar-refractivity contribution >= 4 is 17.7 Å². The molecule has 1 amide bonds. The van der Waals surface area contributed by atoms with Gasteiger partial charge in [-0.05, 0) is 23.5 Å². The molecule has 0 aliphatic carbocycles. The van der Waals surface area contributed by atoms with E-state index in [0.717, 1.165) is 15.4 Å². The molecule has 0 spiro atoms. The zero-order valence-electron chi connectivity index (χ0n) is 12.9. The van der Waals surface area contributed by atoms with Crippen LogP contribution in [-0.2, 0) is 11.2 Å². The molecule has 1 aromatic rings. The normalized spacial score (nSPS) is 18.2. The Morgan fingerprint density at radius 2 is 1.86 bits per heavy atom. The number of benzene rings is 1. The number of amides is 1. The lowest BCUT2D eigenvalue weighted by atomic mass is 9.95. The maximum absolute atomic E-state index is 12.8. The van der Waals surface area contributed by atoms with Gasteiger partial charge >= 0.3 is 6.18 Å². The maximum atomic E-state index is 12.8. The second kappa shape index (κ2) is 6.14. The zero-order chi connectivity index (χ0) is 16.5. The number of rotatable bonds is 3. The highest BCUT2D eigenvalue weighted by atomic mass is 32.2. The Morgan fingerprint density at radius 3 is 2.41 bits per heavy atom. The molecule has 0 saturated heterocycles. The first-order valence-electron chi connectivity index (χ1n) is 7.15. The molecule has 22 heavy (non-hydrogen) atoms. The third kappa shape index (κ3) is 4.66. The van der Waals surface area contributed by atoms with Crippen LogP contribution in [0.2, 0.25) is 0 Å². The number of carbonyl (C=O) groups excluding carboxylic acids is 1. The maximum Gasteiger partial charge on any atom is 0.406 e. The quantitative estimate of drug-likeness (QED) is 0.830. The van der Waals surface area contributed by atoms with Crippen LogP contribution in [0.3, 0.4) is 0 Å². The molecule has 6 heteroatoms. The number of nitrogens with zero attached hydrogens (tertiary/aromatic N) is 1. The molecule has 2 rings (SSSR count). The van der Waals surface area contributed by atoms with Gasteiger partial charge in [0.1, 0.15) is 6.54 Å². The number of carbonyl (C=O) groups is 1. The summed E-state index contributed by atoms with van der Waals surface area (Å²) in [6.45, 7) is 4.41. The van der Waals surface area contributed by atoms with Crippen molar-refractivity contribution < 1.29 is 18.0 Å². The van der Waals surface area contributed by atoms with E-state index in [0.29, 0.717) is 6.42 Å². The van der Waals surface area contributed by atoms with E-state index >= 15 is 0 Å². The molecule has 1 atom stereocenters. The lowest BCUT2D eigenvalue weighted by Crippen LogP contribution is -2.46. The molecule has 1 aliphatic heterocycles. The molecule has 0 N–H and O–H groups in total. The summed E-state index contributed by atoms with van der Waals surface area (Å²) in [5.41, 5.74) is 0.658. The molecule has 1 aliphatic rings. The van der Waals surface area contributed by atoms with Crippen LogP contribution < -0.4 is 0 Å². The fourth-order valence-electron chi connectivity index (χ4n) is 2.52. The summed E-state index contributed by atoms with van der Waals surface area (Å²) in [5.74, 6) is -0.423. The molecule has 0 saturated carbocycles. The number of hydrogen-bond acceptors (Lipinski definition) is 2. The topological polar surface area (TPSA) is 20.3 Å². The van der Waals surface area contributed by atoms with E-state index in [4.69, 9.17) is 0 Å². The first-order chi connectivity index (χ1) is 10.1. The average molecular weight is 331 g/mol. The molecule has 1 aromatic carbocycles. The third-order valence-electron chi connectivity index (χ3n) is 3.27. The minimum Gasteiger partial charge on any atom is -0.332 e. The number of alkyl halides is 3. The van der Waals surface area contributed by atoms with Crippen molar-refractivity contribution in [2.24, 2.45) is 5.41 Å². The van der Waals surface area contributed by atoms with Crippen LogP contribution in [0.4, 0.5) is 13.2 Å². The summed E-state index contributed by atoms with van der Waals surface area (Å²) in [5, 5.41) is -0.456. The molecule has 0 aromatic heterocycles. The Hall–Kier alpha value is -1.17. The lowest BCUT2D eigenvalue weighted by molar-refractivity contribution is -0.163. The smallest absolute Gasteiger partial charge is 0.332 e. The van der Waals surface area contributed by atoms with Crippen LogP contribution >= 0.6 is 11.8 Å². The van der Waals surface area contributed by atoms with Crippen molar-refractivity contribution in [1.29, 1.82) is 0 Å². The lowest BCUT2D eigenvalue weighted by Gasteiger charge is -2.32. The van der Waals surface area contributed by atoms with E-state index in [1.54, 1.807) is 0 Å². The number of fused-ring (bicyclic) bond motifs is 1. The van der Waals surface area contributed by atoms with E-state index in [9.17, 15) is 18.0 Å². The van der Waals surface area contributed by atoms with Crippen molar-refractivity contribution in [1.82, 2.24) is 4.90 Å². The minimum atomic E-state index is -4.38. The van der Waals surface area contributed by atoms with E-state index in [-0.39, 0.29) is 12.0 Å². The van der Waals surface area contributed by atoms with Crippen LogP contribution in [-0.4, -0.2) is 35.3 Å². The van der Waals surface area contributed by atoms with Crippen LogP contribution in [0, 0.1) is 5.41 Å². The SMILES string of the molecule is CC(C)(C)CN(CC(F)(F)F)C(=O)C1Cc2ccccc2S1. The Labute approximate surface area is 133 Å². The van der Waals surface area contributed by atoms with Gasteiger partial charge < -0.3 is 4.90 Å². The predicted molar refractivity (Wildman–Crippen MR) is 81.9 cm³/mol. The van der Waals surface area contributed by atoms with Crippen LogP contribution in [0.1, 0.15) is 26.3 Å². The number of halogens is 3. The number of hydrogen-bond donors (Lipinski definition) is 0. The molecular formula is C16H20F3NOS. The largest absolute Gasteiger partial charge is 0.406 e. The fraction of sp³-hybridized carbons (Fsp3) is 0.562. The van der Waals surface area contributed by atoms with Gasteiger partial charge in [0.05, 0.1) is 5.25 Å². The van der Waals surface area contributed by atoms with Crippen molar-refractivity contribution in [3.8, 4) is 0 Å². The van der Waals surface area contributed by atoms with Crippen molar-refractivity contribution in [2.45, 2.75) is 43.5 Å². The van der Waals surface area contributed by atoms with Crippen LogP contribution in [0.25, 0.3) is 0 Å². The van der Waals surface area contributed by atoms with Crippen molar-refractivity contribution in [3.05, 3.63) is 29.8 Å². The fourth-order valence-corrected chi connectivity index (χ4v) is 3.80. The molecule has 0 bridgehead atoms. The van der Waals surface area contributed by atoms with Crippen LogP contribution in [0.15, 0.2) is 29.2 Å². The average Bonchev–Trinajstić information content (AvgIpc) is 2.77. The predicted octanol–water partition coefficient (Wildman–Crippen LogP) is 4.14. The summed E-state index contributed by atoms with van der Waals surface area (Å²) >= 11 is 1.37. The first-order valence-corrected chi connectivity index (χ1v) is 8.03. The zero-order valence-corrected chi connectivity index (χ0v) is 13.7. The van der Waals surface area contributed by atoms with Crippen molar-refractivity contribution in [3.63, 3.8) is 0 Å². The second-order valence-corrected chi connectivity index (χ2v) is 8.03. The number of thioether (sulfide) groups is 1. The van der Waals surface area contributed by atoms with Gasteiger partial charge in [-0.15, -0.1) is 11.8 Å². The Balaban J connectivity index is 2.13. The first kappa shape index (κ1) is 17.2. The van der Waals surface area contributed by atoms with Gasteiger partial charge in [-0.1, -0.05) is 39.0 Å². The molecule has 0 fully saturated rings. The van der Waals surface area contributed by atoms with Gasteiger partial charge in [0.2, 0.25) is 5.91 Å². The monoisotopic (exact) mass is 331 g/mol. The van der Waals surface area contributed by atoms with E-state index in [1.807, 2.05) is 45.0 Å². The Morgan fingerprint density at radius 1 is 1.23 bits per heavy atom. The van der Waals surface area contributed by atoms with Gasteiger partial charge in [0.15, 0.2) is 0 Å². The van der Waals surface area contributed by atoms with Crippen LogP contribution in [0.5, 0.6) is 0 Å². The molecule has 2 nitrogen and oxygen atoms in total. The Bertz CT molecular complexity index is 510. The highest BCUT2D eigenvalue weighted by molar-refractivity contribution is 8.01. The second-order valence-electron chi connectivity index (χ2n) is 6.79. The minimum absolute atomic E-state index is 0.0960. The highest BCUT2D eigenvalue weighted by Crippen LogP contribution is 2.38. The standard InChI is InChI=1S/C16H20F3NOS/c1-15(2,3)9-20(10-16(17,18)19)14(21)13-8-11-6-4-5-7-12(11)22-13/h4-7,13H,8-10H2,1-3H3. The molecule has 1 heterocycles. The van der Waals surface area contributed by atoms with E-state index < -0.39 is 23.9 Å². The summed E-state index contributed by atoms with van der Waals surface area (Å²) in [4.78, 5) is 14.5. The summed E-state index contributed by atoms with van der Waals surface area (Å²) in [6, 6.07) is 7.59. The van der Waals surface area contributed by atoms with Gasteiger partial charge in [-0.25, -0.2) is 0 Å². The Kier molecular flexibility index (Phi) is 4.80. The summed E-state index contributed by atoms with van der Waals surface area (Å²) in [6.07, 6.45) is -3.88. The van der Waals surface area contributed by atoms with E-state index in [2.05, 4.69) is 0 Å². The third-order valence-corrected chi connectivity index (χ3v) is 4.57. The molecule has 1 unspecified atom stereocenters. The van der Waals surface area contributed by atoms with Gasteiger partial charge in [-0.3, -0.25) is 4.79 Å². The van der Waals surface area contributed by atoms with Gasteiger partial charge in [-0.2, -0.15) is 13.2 Å². The van der Waals surface area contributed by atoms with Gasteiger partial charge in [0.25, 0.3) is 0 Å². The highest BCUT2D eigenvalue weighted by Gasteiger charge is 2.38. The molecular weight excluding hydrogens is 311 g/mol. The molecule has 0 radical (unpaired) electrons. The van der Waals surface area contributed by atoms with Gasteiger partial charge in [0, 0.05) is 11.4 Å².